The number of hydrogen-bond donors (Lipinski definition) is 1. The zero-order valence-corrected chi connectivity index (χ0v) is 17.4. The number of phosphoric ester groups is 1. The maximum Gasteiger partial charge on any atom is 0.272 e. The van der Waals surface area contributed by atoms with Gasteiger partial charge >= 0.3 is 0 Å². The van der Waals surface area contributed by atoms with Crippen molar-refractivity contribution in [2.75, 3.05) is 13.2 Å². The standard InChI is InChI=1S/C17H26O9P2/c1-14(10-11-25-28(22,23)26-27(19,20)21)4-3-5-15(2)13-24-17-8-6-16(12-18)7-9-17/h5-10,18H,3-4,11-13H2,1-2H3,(H,22,23)(H2,19,20,21)/p-3/b14-10+,15-5+. The average Bonchev–Trinajstić information content (AvgIpc) is 2.58. The van der Waals surface area contributed by atoms with Crippen LogP contribution >= 0.6 is 15.6 Å². The fourth-order valence-electron chi connectivity index (χ4n) is 2.01. The first-order valence-corrected chi connectivity index (χ1v) is 11.3. The van der Waals surface area contributed by atoms with Crippen molar-refractivity contribution in [3.05, 3.63) is 53.1 Å². The van der Waals surface area contributed by atoms with Gasteiger partial charge in [-0.1, -0.05) is 29.9 Å². The molecule has 0 heterocycles. The van der Waals surface area contributed by atoms with Crippen LogP contribution in [0.25, 0.3) is 0 Å². The predicted molar refractivity (Wildman–Crippen MR) is 96.9 cm³/mol. The minimum Gasteiger partial charge on any atom is -0.790 e. The molecule has 0 radical (unpaired) electrons. The topological polar surface area (TPSA) is 151 Å². The van der Waals surface area contributed by atoms with Crippen LogP contribution in [-0.2, 0) is 24.6 Å². The van der Waals surface area contributed by atoms with E-state index in [1.165, 1.54) is 6.08 Å². The fourth-order valence-corrected chi connectivity index (χ4v) is 3.44. The number of aliphatic hydroxyl groups is 1. The second-order valence-corrected chi connectivity index (χ2v) is 8.70. The highest BCUT2D eigenvalue weighted by atomic mass is 31.3. The zero-order chi connectivity index (χ0) is 21.2. The van der Waals surface area contributed by atoms with E-state index in [1.807, 2.05) is 13.0 Å². The number of benzene rings is 1. The lowest BCUT2D eigenvalue weighted by Gasteiger charge is -2.34. The molecule has 0 bridgehead atoms. The largest absolute Gasteiger partial charge is 0.790 e. The normalized spacial score (nSPS) is 15.4. The molecule has 0 aliphatic rings. The van der Waals surface area contributed by atoms with Crippen molar-refractivity contribution in [3.8, 4) is 5.75 Å². The van der Waals surface area contributed by atoms with Gasteiger partial charge in [-0.05, 0) is 50.0 Å². The molecule has 1 aromatic carbocycles. The molecule has 11 heteroatoms. The van der Waals surface area contributed by atoms with E-state index in [1.54, 1.807) is 31.2 Å². The predicted octanol–water partition coefficient (Wildman–Crippen LogP) is 1.56. The van der Waals surface area contributed by atoms with Crippen LogP contribution in [0, 0.1) is 0 Å². The third-order valence-corrected chi connectivity index (χ3v) is 5.53. The Kier molecular flexibility index (Phi) is 10.3. The first-order valence-electron chi connectivity index (χ1n) is 8.33. The van der Waals surface area contributed by atoms with Crippen molar-refractivity contribution in [1.82, 2.24) is 0 Å². The van der Waals surface area contributed by atoms with Gasteiger partial charge in [0.1, 0.15) is 12.4 Å². The van der Waals surface area contributed by atoms with Gasteiger partial charge in [0.15, 0.2) is 0 Å². The Balaban J connectivity index is 2.34. The van der Waals surface area contributed by atoms with Crippen molar-refractivity contribution in [3.63, 3.8) is 0 Å². The molecule has 0 saturated carbocycles. The van der Waals surface area contributed by atoms with Gasteiger partial charge < -0.3 is 33.6 Å². The highest BCUT2D eigenvalue weighted by molar-refractivity contribution is 7.58. The van der Waals surface area contributed by atoms with Crippen LogP contribution < -0.4 is 19.4 Å². The van der Waals surface area contributed by atoms with Gasteiger partial charge in [0.05, 0.1) is 21.0 Å². The molecule has 0 amide bonds. The average molecular weight is 433 g/mol. The fraction of sp³-hybridized carbons (Fsp3) is 0.412. The number of hydrogen-bond acceptors (Lipinski definition) is 9. The number of aliphatic hydroxyl groups excluding tert-OH is 1. The summed E-state index contributed by atoms with van der Waals surface area (Å²) in [7, 11) is -10.8. The van der Waals surface area contributed by atoms with Crippen molar-refractivity contribution in [2.45, 2.75) is 33.3 Å². The molecular weight excluding hydrogens is 410 g/mol. The van der Waals surface area contributed by atoms with E-state index in [2.05, 4.69) is 8.83 Å². The Hall–Kier alpha value is -1.28. The number of allylic oxidation sites excluding steroid dienone is 2. The SMILES string of the molecule is C/C(=C\COP(=O)([O-])OP(=O)([O-])[O-])CC/C=C(\C)COc1ccc(CO)cc1. The van der Waals surface area contributed by atoms with Gasteiger partial charge in [-0.15, -0.1) is 0 Å². The smallest absolute Gasteiger partial charge is 0.272 e. The summed E-state index contributed by atoms with van der Waals surface area (Å²) in [6, 6.07) is 7.12. The monoisotopic (exact) mass is 433 g/mol. The molecule has 1 atom stereocenters. The van der Waals surface area contributed by atoms with E-state index in [4.69, 9.17) is 9.84 Å². The minimum absolute atomic E-state index is 0.0192. The lowest BCUT2D eigenvalue weighted by molar-refractivity contribution is -0.339. The lowest BCUT2D eigenvalue weighted by Crippen LogP contribution is -2.19. The molecule has 0 saturated heterocycles. The molecule has 0 aromatic heterocycles. The van der Waals surface area contributed by atoms with Gasteiger partial charge in [-0.2, -0.15) is 0 Å². The van der Waals surface area contributed by atoms with Crippen LogP contribution in [0.3, 0.4) is 0 Å². The molecule has 9 nitrogen and oxygen atoms in total. The van der Waals surface area contributed by atoms with E-state index < -0.39 is 22.3 Å². The Morgan fingerprint density at radius 2 is 1.71 bits per heavy atom. The highest BCUT2D eigenvalue weighted by Crippen LogP contribution is 2.50. The molecule has 1 rings (SSSR count). The Morgan fingerprint density at radius 3 is 2.29 bits per heavy atom. The van der Waals surface area contributed by atoms with E-state index in [0.29, 0.717) is 25.2 Å². The summed E-state index contributed by atoms with van der Waals surface area (Å²) in [5.41, 5.74) is 2.63. The molecule has 158 valence electrons. The summed E-state index contributed by atoms with van der Waals surface area (Å²) in [5.74, 6) is 0.697. The van der Waals surface area contributed by atoms with E-state index in [-0.39, 0.29) is 6.61 Å². The number of rotatable bonds is 12. The molecule has 0 spiro atoms. The zero-order valence-electron chi connectivity index (χ0n) is 15.6. The molecule has 0 aliphatic carbocycles. The number of phosphoric acid groups is 2. The molecular formula is C17H23O9P2-3. The Bertz CT molecular complexity index is 765. The van der Waals surface area contributed by atoms with E-state index >= 15 is 0 Å². The highest BCUT2D eigenvalue weighted by Gasteiger charge is 2.10. The minimum atomic E-state index is -5.67. The van der Waals surface area contributed by atoms with E-state index in [0.717, 1.165) is 16.7 Å². The summed E-state index contributed by atoms with van der Waals surface area (Å²) < 4.78 is 34.6. The Labute approximate surface area is 164 Å². The van der Waals surface area contributed by atoms with Gasteiger partial charge in [0, 0.05) is 0 Å². The van der Waals surface area contributed by atoms with Crippen LogP contribution in [0.4, 0.5) is 0 Å². The van der Waals surface area contributed by atoms with Crippen molar-refractivity contribution >= 4 is 15.6 Å². The third-order valence-electron chi connectivity index (χ3n) is 3.47. The lowest BCUT2D eigenvalue weighted by atomic mass is 10.1. The summed E-state index contributed by atoms with van der Waals surface area (Å²) in [6.07, 6.45) is 4.74. The second kappa shape index (κ2) is 11.7. The summed E-state index contributed by atoms with van der Waals surface area (Å²) in [5, 5.41) is 8.99. The first kappa shape index (κ1) is 24.8. The molecule has 1 unspecified atom stereocenters. The van der Waals surface area contributed by atoms with Gasteiger partial charge in [0.25, 0.3) is 7.82 Å². The van der Waals surface area contributed by atoms with Gasteiger partial charge in [-0.3, -0.25) is 8.88 Å². The van der Waals surface area contributed by atoms with Crippen LogP contribution in [-0.4, -0.2) is 18.3 Å². The maximum atomic E-state index is 11.1. The van der Waals surface area contributed by atoms with Crippen molar-refractivity contribution in [2.24, 2.45) is 0 Å². The van der Waals surface area contributed by atoms with Gasteiger partial charge in [0.2, 0.25) is 0 Å². The van der Waals surface area contributed by atoms with Crippen LogP contribution in [0.5, 0.6) is 5.75 Å². The summed E-state index contributed by atoms with van der Waals surface area (Å²) in [6.45, 7) is 3.64. The van der Waals surface area contributed by atoms with Crippen molar-refractivity contribution < 1.29 is 42.5 Å². The molecule has 0 fully saturated rings. The molecule has 1 N–H and O–H groups in total. The molecule has 1 aromatic rings. The van der Waals surface area contributed by atoms with E-state index in [9.17, 15) is 23.8 Å². The second-order valence-electron chi connectivity index (χ2n) is 6.00. The van der Waals surface area contributed by atoms with Crippen LogP contribution in [0.2, 0.25) is 0 Å². The molecule has 0 aliphatic heterocycles. The Morgan fingerprint density at radius 1 is 1.07 bits per heavy atom. The third kappa shape index (κ3) is 11.5. The maximum absolute atomic E-state index is 11.1. The summed E-state index contributed by atoms with van der Waals surface area (Å²) in [4.78, 5) is 31.7. The van der Waals surface area contributed by atoms with Crippen molar-refractivity contribution in [1.29, 1.82) is 0 Å². The van der Waals surface area contributed by atoms with Gasteiger partial charge in [-0.25, -0.2) is 0 Å². The van der Waals surface area contributed by atoms with Crippen LogP contribution in [0.15, 0.2) is 47.6 Å². The number of ether oxygens (including phenoxy) is 1. The molecule has 28 heavy (non-hydrogen) atoms. The van der Waals surface area contributed by atoms with Crippen LogP contribution in [0.1, 0.15) is 32.3 Å². The first-order chi connectivity index (χ1) is 13.0. The quantitative estimate of drug-likeness (QED) is 0.382. The summed E-state index contributed by atoms with van der Waals surface area (Å²) >= 11 is 0.